The Morgan fingerprint density at radius 2 is 2.05 bits per heavy atom. The molecule has 0 bridgehead atoms. The minimum atomic E-state index is 0. The molecule has 1 aromatic carbocycles. The quantitative estimate of drug-likeness (QED) is 0.462. The first-order valence-electron chi connectivity index (χ1n) is 7.27. The van der Waals surface area contributed by atoms with E-state index in [2.05, 4.69) is 33.8 Å². The average molecular weight is 403 g/mol. The number of nitrogens with zero attached hydrogens (tertiary/aromatic N) is 1. The molecule has 1 aromatic rings. The predicted molar refractivity (Wildman–Crippen MR) is 99.0 cm³/mol. The number of halogens is 1. The first kappa shape index (κ1) is 18.1. The van der Waals surface area contributed by atoms with Crippen LogP contribution in [0.4, 0.5) is 0 Å². The second-order valence-corrected chi connectivity index (χ2v) is 5.40. The summed E-state index contributed by atoms with van der Waals surface area (Å²) in [5.41, 5.74) is 1.56. The molecule has 0 saturated heterocycles. The number of rotatable bonds is 4. The van der Waals surface area contributed by atoms with E-state index >= 15 is 0 Å². The molecule has 0 aromatic heterocycles. The lowest BCUT2D eigenvalue weighted by molar-refractivity contribution is 0.404. The third kappa shape index (κ3) is 4.25. The third-order valence-corrected chi connectivity index (χ3v) is 4.30. The maximum Gasteiger partial charge on any atom is 0.190 e. The van der Waals surface area contributed by atoms with Crippen molar-refractivity contribution in [3.63, 3.8) is 0 Å². The van der Waals surface area contributed by atoms with E-state index in [0.717, 1.165) is 18.3 Å². The van der Waals surface area contributed by atoms with Crippen LogP contribution in [0.5, 0.6) is 5.75 Å². The molecular weight excluding hydrogens is 377 g/mol. The second-order valence-electron chi connectivity index (χ2n) is 5.40. The number of ether oxygens (including phenoxy) is 1. The van der Waals surface area contributed by atoms with E-state index < -0.39 is 0 Å². The van der Waals surface area contributed by atoms with Crippen LogP contribution in [0, 0.1) is 0 Å². The van der Waals surface area contributed by atoms with Crippen molar-refractivity contribution in [2.75, 3.05) is 27.7 Å². The van der Waals surface area contributed by atoms with E-state index in [0.29, 0.717) is 0 Å². The molecule has 1 saturated carbocycles. The van der Waals surface area contributed by atoms with Gasteiger partial charge in [0.15, 0.2) is 5.96 Å². The highest BCUT2D eigenvalue weighted by Gasteiger charge is 2.35. The zero-order valence-corrected chi connectivity index (χ0v) is 15.4. The molecule has 1 aliphatic rings. The lowest BCUT2D eigenvalue weighted by atomic mass is 9.78. The summed E-state index contributed by atoms with van der Waals surface area (Å²) >= 11 is 0. The van der Waals surface area contributed by atoms with Crippen molar-refractivity contribution in [3.05, 3.63) is 29.8 Å². The summed E-state index contributed by atoms with van der Waals surface area (Å²) in [6.45, 7) is 0.910. The fraction of sp³-hybridized carbons (Fsp3) is 0.562. The SMILES string of the molecule is CN=C(NC)NCC1(c2cccc(OC)c2)CCCC1.I. The van der Waals surface area contributed by atoms with Gasteiger partial charge in [0.25, 0.3) is 0 Å². The first-order chi connectivity index (χ1) is 9.74. The van der Waals surface area contributed by atoms with Crippen LogP contribution >= 0.6 is 24.0 Å². The Bertz CT molecular complexity index is 470. The van der Waals surface area contributed by atoms with Crippen LogP contribution in [0.3, 0.4) is 0 Å². The van der Waals surface area contributed by atoms with Crippen molar-refractivity contribution >= 4 is 29.9 Å². The number of hydrogen-bond acceptors (Lipinski definition) is 2. The van der Waals surface area contributed by atoms with Crippen LogP contribution < -0.4 is 15.4 Å². The topological polar surface area (TPSA) is 45.7 Å². The monoisotopic (exact) mass is 403 g/mol. The predicted octanol–water partition coefficient (Wildman–Crippen LogP) is 2.92. The molecule has 1 aliphatic carbocycles. The molecule has 0 spiro atoms. The van der Waals surface area contributed by atoms with Crippen molar-refractivity contribution in [2.24, 2.45) is 4.99 Å². The van der Waals surface area contributed by atoms with Crippen molar-refractivity contribution < 1.29 is 4.74 Å². The Labute approximate surface area is 144 Å². The Morgan fingerprint density at radius 1 is 1.33 bits per heavy atom. The molecule has 0 heterocycles. The molecule has 21 heavy (non-hydrogen) atoms. The number of nitrogens with one attached hydrogen (secondary N) is 2. The third-order valence-electron chi connectivity index (χ3n) is 4.30. The van der Waals surface area contributed by atoms with Gasteiger partial charge in [0.2, 0.25) is 0 Å². The number of aliphatic imine (C=N–C) groups is 1. The lowest BCUT2D eigenvalue weighted by Gasteiger charge is -2.31. The minimum Gasteiger partial charge on any atom is -0.497 e. The van der Waals surface area contributed by atoms with Gasteiger partial charge in [-0.15, -0.1) is 24.0 Å². The van der Waals surface area contributed by atoms with Gasteiger partial charge in [0, 0.05) is 26.1 Å². The standard InChI is InChI=1S/C16H25N3O.HI/c1-17-15(18-2)19-12-16(9-4-5-10-16)13-7-6-8-14(11-13)20-3;/h6-8,11H,4-5,9-10,12H2,1-3H3,(H2,17,18,19);1H. The number of guanidine groups is 1. The van der Waals surface area contributed by atoms with Crippen LogP contribution in [0.2, 0.25) is 0 Å². The van der Waals surface area contributed by atoms with Gasteiger partial charge in [-0.25, -0.2) is 0 Å². The van der Waals surface area contributed by atoms with E-state index in [1.807, 2.05) is 13.1 Å². The van der Waals surface area contributed by atoms with Crippen molar-refractivity contribution in [3.8, 4) is 5.75 Å². The molecule has 2 N–H and O–H groups in total. The molecular formula is C16H26IN3O. The van der Waals surface area contributed by atoms with Gasteiger partial charge in [0.1, 0.15) is 5.75 Å². The van der Waals surface area contributed by atoms with Crippen LogP contribution in [0.1, 0.15) is 31.2 Å². The van der Waals surface area contributed by atoms with E-state index in [-0.39, 0.29) is 29.4 Å². The summed E-state index contributed by atoms with van der Waals surface area (Å²) < 4.78 is 5.37. The van der Waals surface area contributed by atoms with Crippen LogP contribution in [0.15, 0.2) is 29.3 Å². The zero-order valence-electron chi connectivity index (χ0n) is 13.1. The van der Waals surface area contributed by atoms with Gasteiger partial charge < -0.3 is 15.4 Å². The summed E-state index contributed by atoms with van der Waals surface area (Å²) in [5, 5.41) is 6.52. The number of hydrogen-bond donors (Lipinski definition) is 2. The maximum atomic E-state index is 5.37. The lowest BCUT2D eigenvalue weighted by Crippen LogP contribution is -2.43. The molecule has 0 atom stereocenters. The summed E-state index contributed by atoms with van der Waals surface area (Å²) in [4.78, 5) is 4.20. The van der Waals surface area contributed by atoms with E-state index in [4.69, 9.17) is 4.74 Å². The fourth-order valence-electron chi connectivity index (χ4n) is 3.10. The normalized spacial score (nSPS) is 17.0. The zero-order chi connectivity index (χ0) is 14.4. The maximum absolute atomic E-state index is 5.37. The van der Waals surface area contributed by atoms with Crippen molar-refractivity contribution in [2.45, 2.75) is 31.1 Å². The molecule has 0 aliphatic heterocycles. The highest BCUT2D eigenvalue weighted by Crippen LogP contribution is 2.41. The van der Waals surface area contributed by atoms with Crippen LogP contribution in [-0.4, -0.2) is 33.7 Å². The Hall–Kier alpha value is -0.980. The van der Waals surface area contributed by atoms with E-state index in [1.165, 1.54) is 31.2 Å². The van der Waals surface area contributed by atoms with Crippen LogP contribution in [-0.2, 0) is 5.41 Å². The highest BCUT2D eigenvalue weighted by molar-refractivity contribution is 14.0. The van der Waals surface area contributed by atoms with Gasteiger partial charge in [-0.3, -0.25) is 4.99 Å². The summed E-state index contributed by atoms with van der Waals surface area (Å²) in [5.74, 6) is 1.78. The fourth-order valence-corrected chi connectivity index (χ4v) is 3.10. The molecule has 0 amide bonds. The smallest absolute Gasteiger partial charge is 0.190 e. The van der Waals surface area contributed by atoms with Gasteiger partial charge in [0.05, 0.1) is 7.11 Å². The van der Waals surface area contributed by atoms with Gasteiger partial charge in [-0.1, -0.05) is 25.0 Å². The van der Waals surface area contributed by atoms with Gasteiger partial charge in [-0.05, 0) is 30.5 Å². The number of methoxy groups -OCH3 is 1. The number of benzene rings is 1. The molecule has 5 heteroatoms. The Morgan fingerprint density at radius 3 is 2.62 bits per heavy atom. The van der Waals surface area contributed by atoms with E-state index in [1.54, 1.807) is 14.2 Å². The van der Waals surface area contributed by atoms with Gasteiger partial charge in [-0.2, -0.15) is 0 Å². The molecule has 118 valence electrons. The van der Waals surface area contributed by atoms with Crippen molar-refractivity contribution in [1.29, 1.82) is 0 Å². The van der Waals surface area contributed by atoms with Crippen LogP contribution in [0.25, 0.3) is 0 Å². The molecule has 4 nitrogen and oxygen atoms in total. The highest BCUT2D eigenvalue weighted by atomic mass is 127. The molecule has 0 radical (unpaired) electrons. The molecule has 2 rings (SSSR count). The van der Waals surface area contributed by atoms with Gasteiger partial charge >= 0.3 is 0 Å². The van der Waals surface area contributed by atoms with E-state index in [9.17, 15) is 0 Å². The summed E-state index contributed by atoms with van der Waals surface area (Å²) in [6, 6.07) is 8.49. The summed E-state index contributed by atoms with van der Waals surface area (Å²) in [7, 11) is 5.41. The molecule has 1 fully saturated rings. The Balaban J connectivity index is 0.00000220. The Kier molecular flexibility index (Phi) is 7.28. The first-order valence-corrected chi connectivity index (χ1v) is 7.27. The van der Waals surface area contributed by atoms with Crippen molar-refractivity contribution in [1.82, 2.24) is 10.6 Å². The summed E-state index contributed by atoms with van der Waals surface area (Å²) in [6.07, 6.45) is 5.01. The average Bonchev–Trinajstić information content (AvgIpc) is 2.98. The minimum absolute atomic E-state index is 0. The second kappa shape index (κ2) is 8.46. The largest absolute Gasteiger partial charge is 0.497 e. The molecule has 0 unspecified atom stereocenters.